The summed E-state index contributed by atoms with van der Waals surface area (Å²) in [7, 11) is 0. The molecule has 0 spiro atoms. The summed E-state index contributed by atoms with van der Waals surface area (Å²) < 4.78 is 5.46. The van der Waals surface area contributed by atoms with Gasteiger partial charge in [0.05, 0.1) is 23.7 Å². The molecule has 3 aromatic rings. The average molecular weight is 338 g/mol. The average Bonchev–Trinajstić information content (AvgIpc) is 3.03. The number of pyridine rings is 1. The maximum atomic E-state index is 12.8. The molecule has 6 nitrogen and oxygen atoms in total. The van der Waals surface area contributed by atoms with Gasteiger partial charge in [0, 0.05) is 6.20 Å². The van der Waals surface area contributed by atoms with Crippen LogP contribution in [-0.4, -0.2) is 27.5 Å². The number of ether oxygens (including phenoxy) is 1. The van der Waals surface area contributed by atoms with Crippen molar-refractivity contribution in [3.63, 3.8) is 0 Å². The Bertz CT molecular complexity index is 839. The molecular formula is C19H22N4O2. The molecule has 6 heteroatoms. The molecular weight excluding hydrogens is 316 g/mol. The smallest absolute Gasteiger partial charge is 0.257 e. The van der Waals surface area contributed by atoms with E-state index < -0.39 is 0 Å². The van der Waals surface area contributed by atoms with Gasteiger partial charge in [-0.25, -0.2) is 9.97 Å². The second-order valence-corrected chi connectivity index (χ2v) is 6.12. The fourth-order valence-corrected chi connectivity index (χ4v) is 2.70. The predicted molar refractivity (Wildman–Crippen MR) is 96.5 cm³/mol. The molecule has 0 radical (unpaired) electrons. The van der Waals surface area contributed by atoms with E-state index in [0.29, 0.717) is 18.1 Å². The third-order valence-corrected chi connectivity index (χ3v) is 3.95. The van der Waals surface area contributed by atoms with E-state index in [0.717, 1.165) is 16.9 Å². The highest BCUT2D eigenvalue weighted by molar-refractivity contribution is 5.96. The summed E-state index contributed by atoms with van der Waals surface area (Å²) in [4.78, 5) is 24.8. The van der Waals surface area contributed by atoms with Crippen LogP contribution in [0.3, 0.4) is 0 Å². The molecule has 0 saturated carbocycles. The standard InChI is InChI=1S/C19H22N4O2/c1-4-25-19-13(8-7-11-20-19)18(24)23-16(12(2)3)17-21-14-9-5-6-10-15(14)22-17/h5-12,16H,4H2,1-3H3,(H,21,22)(H,23,24)/t16-/m0/s1. The number of H-pyrrole nitrogens is 1. The van der Waals surface area contributed by atoms with Crippen LogP contribution in [0.1, 0.15) is 43.0 Å². The fourth-order valence-electron chi connectivity index (χ4n) is 2.70. The molecule has 0 bridgehead atoms. The molecule has 2 N–H and O–H groups in total. The summed E-state index contributed by atoms with van der Waals surface area (Å²) in [6.07, 6.45) is 1.61. The van der Waals surface area contributed by atoms with Gasteiger partial charge >= 0.3 is 0 Å². The van der Waals surface area contributed by atoms with Crippen LogP contribution in [-0.2, 0) is 0 Å². The maximum Gasteiger partial charge on any atom is 0.257 e. The molecule has 0 aliphatic rings. The van der Waals surface area contributed by atoms with Crippen molar-refractivity contribution in [3.05, 3.63) is 54.0 Å². The second kappa shape index (κ2) is 7.34. The van der Waals surface area contributed by atoms with Crippen molar-refractivity contribution in [1.29, 1.82) is 0 Å². The van der Waals surface area contributed by atoms with Gasteiger partial charge in [-0.3, -0.25) is 4.79 Å². The number of aromatic amines is 1. The third-order valence-electron chi connectivity index (χ3n) is 3.95. The van der Waals surface area contributed by atoms with Gasteiger partial charge in [0.1, 0.15) is 11.4 Å². The topological polar surface area (TPSA) is 79.9 Å². The minimum atomic E-state index is -0.241. The minimum absolute atomic E-state index is 0.164. The maximum absolute atomic E-state index is 12.8. The van der Waals surface area contributed by atoms with E-state index in [9.17, 15) is 4.79 Å². The number of carbonyl (C=O) groups is 1. The highest BCUT2D eigenvalue weighted by Crippen LogP contribution is 2.24. The van der Waals surface area contributed by atoms with E-state index in [1.165, 1.54) is 0 Å². The number of aromatic nitrogens is 3. The first kappa shape index (κ1) is 17.0. The molecule has 1 amide bonds. The van der Waals surface area contributed by atoms with Crippen LogP contribution in [0.4, 0.5) is 0 Å². The molecule has 25 heavy (non-hydrogen) atoms. The number of benzene rings is 1. The van der Waals surface area contributed by atoms with Crippen LogP contribution < -0.4 is 10.1 Å². The Labute approximate surface area is 146 Å². The summed E-state index contributed by atoms with van der Waals surface area (Å²) in [5, 5.41) is 3.06. The van der Waals surface area contributed by atoms with Gasteiger partial charge in [-0.2, -0.15) is 0 Å². The molecule has 0 aliphatic heterocycles. The van der Waals surface area contributed by atoms with Crippen LogP contribution >= 0.6 is 0 Å². The molecule has 130 valence electrons. The largest absolute Gasteiger partial charge is 0.477 e. The van der Waals surface area contributed by atoms with Crippen molar-refractivity contribution in [2.45, 2.75) is 26.8 Å². The molecule has 0 aliphatic carbocycles. The summed E-state index contributed by atoms with van der Waals surface area (Å²) in [5.74, 6) is 1.02. The first-order valence-corrected chi connectivity index (χ1v) is 8.43. The summed E-state index contributed by atoms with van der Waals surface area (Å²) in [6, 6.07) is 11.0. The highest BCUT2D eigenvalue weighted by atomic mass is 16.5. The predicted octanol–water partition coefficient (Wildman–Crippen LogP) is 3.48. The number of para-hydroxylation sites is 2. The Morgan fingerprint density at radius 2 is 2.04 bits per heavy atom. The zero-order valence-electron chi connectivity index (χ0n) is 14.6. The molecule has 1 aromatic carbocycles. The highest BCUT2D eigenvalue weighted by Gasteiger charge is 2.24. The molecule has 0 fully saturated rings. The van der Waals surface area contributed by atoms with E-state index in [1.54, 1.807) is 18.3 Å². The SMILES string of the molecule is CCOc1ncccc1C(=O)N[C@H](c1nc2ccccc2[nH]1)C(C)C. The molecule has 0 saturated heterocycles. The van der Waals surface area contributed by atoms with Gasteiger partial charge in [0.2, 0.25) is 5.88 Å². The van der Waals surface area contributed by atoms with Gasteiger partial charge in [-0.1, -0.05) is 26.0 Å². The number of hydrogen-bond donors (Lipinski definition) is 2. The van der Waals surface area contributed by atoms with Crippen LogP contribution in [0.2, 0.25) is 0 Å². The summed E-state index contributed by atoms with van der Waals surface area (Å²) >= 11 is 0. The quantitative estimate of drug-likeness (QED) is 0.721. The first-order chi connectivity index (χ1) is 12.1. The van der Waals surface area contributed by atoms with Crippen LogP contribution in [0.5, 0.6) is 5.88 Å². The van der Waals surface area contributed by atoms with Gasteiger partial charge in [0.25, 0.3) is 5.91 Å². The van der Waals surface area contributed by atoms with Crippen molar-refractivity contribution in [3.8, 4) is 5.88 Å². The minimum Gasteiger partial charge on any atom is -0.477 e. The van der Waals surface area contributed by atoms with Crippen molar-refractivity contribution in [1.82, 2.24) is 20.3 Å². The number of fused-ring (bicyclic) bond motifs is 1. The van der Waals surface area contributed by atoms with Crippen molar-refractivity contribution >= 4 is 16.9 Å². The fraction of sp³-hybridized carbons (Fsp3) is 0.316. The van der Waals surface area contributed by atoms with Crippen molar-refractivity contribution in [2.75, 3.05) is 6.61 Å². The molecule has 3 rings (SSSR count). The lowest BCUT2D eigenvalue weighted by atomic mass is 10.0. The lowest BCUT2D eigenvalue weighted by Gasteiger charge is -2.21. The Hall–Kier alpha value is -2.89. The number of imidazole rings is 1. The number of nitrogens with zero attached hydrogens (tertiary/aromatic N) is 2. The molecule has 2 aromatic heterocycles. The molecule has 2 heterocycles. The Morgan fingerprint density at radius 3 is 2.76 bits per heavy atom. The second-order valence-electron chi connectivity index (χ2n) is 6.12. The van der Waals surface area contributed by atoms with Crippen molar-refractivity contribution in [2.24, 2.45) is 5.92 Å². The zero-order valence-corrected chi connectivity index (χ0v) is 14.6. The monoisotopic (exact) mass is 338 g/mol. The number of hydrogen-bond acceptors (Lipinski definition) is 4. The van der Waals surface area contributed by atoms with Gasteiger partial charge < -0.3 is 15.0 Å². The number of nitrogens with one attached hydrogen (secondary N) is 2. The van der Waals surface area contributed by atoms with E-state index in [2.05, 4.69) is 20.3 Å². The molecule has 0 unspecified atom stereocenters. The van der Waals surface area contributed by atoms with Crippen LogP contribution in [0, 0.1) is 5.92 Å². The van der Waals surface area contributed by atoms with Crippen molar-refractivity contribution < 1.29 is 9.53 Å². The van der Waals surface area contributed by atoms with Crippen LogP contribution in [0.15, 0.2) is 42.6 Å². The zero-order chi connectivity index (χ0) is 17.8. The lowest BCUT2D eigenvalue weighted by Crippen LogP contribution is -2.33. The van der Waals surface area contributed by atoms with E-state index in [4.69, 9.17) is 4.74 Å². The van der Waals surface area contributed by atoms with Gasteiger partial charge in [-0.15, -0.1) is 0 Å². The Morgan fingerprint density at radius 1 is 1.24 bits per heavy atom. The Kier molecular flexibility index (Phi) is 4.97. The van der Waals surface area contributed by atoms with Gasteiger partial charge in [0.15, 0.2) is 0 Å². The Balaban J connectivity index is 1.88. The summed E-state index contributed by atoms with van der Waals surface area (Å²) in [6.45, 7) is 6.41. The normalized spacial score (nSPS) is 12.3. The third kappa shape index (κ3) is 3.63. The van der Waals surface area contributed by atoms with E-state index >= 15 is 0 Å². The summed E-state index contributed by atoms with van der Waals surface area (Å²) in [5.41, 5.74) is 2.26. The molecule has 1 atom stereocenters. The first-order valence-electron chi connectivity index (χ1n) is 8.43. The van der Waals surface area contributed by atoms with E-state index in [1.807, 2.05) is 45.0 Å². The number of rotatable bonds is 6. The van der Waals surface area contributed by atoms with E-state index in [-0.39, 0.29) is 17.9 Å². The van der Waals surface area contributed by atoms with Crippen LogP contribution in [0.25, 0.3) is 11.0 Å². The van der Waals surface area contributed by atoms with Gasteiger partial charge in [-0.05, 0) is 37.1 Å². The number of amides is 1. The lowest BCUT2D eigenvalue weighted by molar-refractivity contribution is 0.0918. The number of carbonyl (C=O) groups excluding carboxylic acids is 1.